The first-order chi connectivity index (χ1) is 15.1. The number of fused-ring (bicyclic) bond motifs is 1. The summed E-state index contributed by atoms with van der Waals surface area (Å²) in [6.07, 6.45) is 0.384. The van der Waals surface area contributed by atoms with Crippen LogP contribution in [0.1, 0.15) is 38.1 Å². The van der Waals surface area contributed by atoms with Crippen molar-refractivity contribution in [3.63, 3.8) is 0 Å². The molecule has 0 aliphatic carbocycles. The molecule has 3 aromatic rings. The first kappa shape index (κ1) is 23.7. The zero-order valence-electron chi connectivity index (χ0n) is 19.2. The predicted molar refractivity (Wildman–Crippen MR) is 132 cm³/mol. The van der Waals surface area contributed by atoms with Crippen LogP contribution in [0.25, 0.3) is 21.3 Å². The Morgan fingerprint density at radius 3 is 2.50 bits per heavy atom. The maximum atomic E-state index is 13.3. The highest BCUT2D eigenvalue weighted by atomic mass is 32.1. The van der Waals surface area contributed by atoms with Crippen LogP contribution in [0.3, 0.4) is 0 Å². The number of benzene rings is 1. The maximum Gasteiger partial charge on any atom is 0.331 e. The summed E-state index contributed by atoms with van der Waals surface area (Å²) in [5.41, 5.74) is 9.27. The minimum Gasteiger partial charge on any atom is -0.402 e. The van der Waals surface area contributed by atoms with Crippen molar-refractivity contribution < 1.29 is 5.11 Å². The van der Waals surface area contributed by atoms with Gasteiger partial charge in [-0.25, -0.2) is 4.79 Å². The monoisotopic (exact) mass is 454 g/mol. The van der Waals surface area contributed by atoms with Crippen LogP contribution >= 0.6 is 11.3 Å². The summed E-state index contributed by atoms with van der Waals surface area (Å²) in [6.45, 7) is 7.89. The third-order valence-electron chi connectivity index (χ3n) is 5.46. The average molecular weight is 455 g/mol. The fourth-order valence-electron chi connectivity index (χ4n) is 3.89. The number of hydrogen-bond donors (Lipinski definition) is 3. The first-order valence-electron chi connectivity index (χ1n) is 10.5. The van der Waals surface area contributed by atoms with E-state index in [4.69, 9.17) is 11.1 Å². The van der Waals surface area contributed by atoms with E-state index in [1.807, 2.05) is 38.1 Å². The molecular weight excluding hydrogens is 424 g/mol. The van der Waals surface area contributed by atoms with Crippen LogP contribution in [-0.2, 0) is 26.6 Å². The second-order valence-corrected chi connectivity index (χ2v) is 9.64. The molecule has 2 heterocycles. The average Bonchev–Trinajstić information content (AvgIpc) is 3.12. The smallest absolute Gasteiger partial charge is 0.331 e. The zero-order valence-corrected chi connectivity index (χ0v) is 20.0. The SMILES string of the molecule is CC(=N)/C(Cc1sc2c(c1-c1cccc(CO)c1)c(=O)n(C)c(=O)n2CC(C)C)=C(/C)N. The lowest BCUT2D eigenvalue weighted by atomic mass is 9.96. The minimum absolute atomic E-state index is 0.117. The van der Waals surface area contributed by atoms with Gasteiger partial charge in [0.15, 0.2) is 0 Å². The highest BCUT2D eigenvalue weighted by molar-refractivity contribution is 7.19. The lowest BCUT2D eigenvalue weighted by Crippen LogP contribution is -2.38. The van der Waals surface area contributed by atoms with Crippen molar-refractivity contribution >= 4 is 27.3 Å². The molecule has 0 unspecified atom stereocenters. The normalized spacial score (nSPS) is 12.5. The van der Waals surface area contributed by atoms with E-state index in [0.29, 0.717) is 40.2 Å². The third kappa shape index (κ3) is 4.33. The summed E-state index contributed by atoms with van der Waals surface area (Å²) in [6, 6.07) is 7.42. The molecule has 0 fully saturated rings. The number of aromatic nitrogens is 2. The molecule has 8 heteroatoms. The molecule has 0 spiro atoms. The van der Waals surface area contributed by atoms with Crippen molar-refractivity contribution in [2.45, 2.75) is 47.3 Å². The van der Waals surface area contributed by atoms with Gasteiger partial charge in [-0.15, -0.1) is 11.3 Å². The van der Waals surface area contributed by atoms with E-state index < -0.39 is 0 Å². The van der Waals surface area contributed by atoms with E-state index in [2.05, 4.69) is 0 Å². The summed E-state index contributed by atoms with van der Waals surface area (Å²) in [4.78, 5) is 27.8. The molecular formula is C24H30N4O3S. The summed E-state index contributed by atoms with van der Waals surface area (Å²) in [5, 5.41) is 18.3. The van der Waals surface area contributed by atoms with E-state index in [0.717, 1.165) is 26.1 Å². The standard InChI is InChI=1S/C24H30N4O3S/c1-13(2)11-28-23-21(22(30)27(5)24(28)31)20(17-8-6-7-16(9-17)12-29)19(32-23)10-18(14(3)25)15(4)26/h6-9,13,25,29H,10-12,26H2,1-5H3/b18-15-,25-14?. The largest absolute Gasteiger partial charge is 0.402 e. The molecule has 3 rings (SSSR count). The van der Waals surface area contributed by atoms with Gasteiger partial charge in [-0.05, 0) is 42.5 Å². The highest BCUT2D eigenvalue weighted by Crippen LogP contribution is 2.38. The van der Waals surface area contributed by atoms with E-state index in [1.54, 1.807) is 18.4 Å². The fourth-order valence-corrected chi connectivity index (χ4v) is 5.21. The van der Waals surface area contributed by atoms with Crippen LogP contribution < -0.4 is 17.0 Å². The number of thiophene rings is 1. The van der Waals surface area contributed by atoms with E-state index in [1.165, 1.54) is 18.4 Å². The number of aliphatic hydroxyl groups is 1. The zero-order chi connectivity index (χ0) is 23.7. The molecule has 0 aliphatic heterocycles. The Bertz CT molecular complexity index is 1340. The van der Waals surface area contributed by atoms with E-state index in [-0.39, 0.29) is 23.8 Å². The molecule has 0 bridgehead atoms. The topological polar surface area (TPSA) is 114 Å². The summed E-state index contributed by atoms with van der Waals surface area (Å²) in [7, 11) is 1.50. The number of aliphatic hydroxyl groups excluding tert-OH is 1. The van der Waals surface area contributed by atoms with Gasteiger partial charge in [-0.1, -0.05) is 32.0 Å². The van der Waals surface area contributed by atoms with E-state index in [9.17, 15) is 14.7 Å². The Kier molecular flexibility index (Phi) is 6.85. The Hall–Kier alpha value is -2.97. The summed E-state index contributed by atoms with van der Waals surface area (Å²) in [5.74, 6) is 0.214. The van der Waals surface area contributed by atoms with Gasteiger partial charge in [-0.2, -0.15) is 0 Å². The van der Waals surface area contributed by atoms with Crippen molar-refractivity contribution in [1.82, 2.24) is 9.13 Å². The molecule has 4 N–H and O–H groups in total. The van der Waals surface area contributed by atoms with Gasteiger partial charge in [0.1, 0.15) is 4.83 Å². The van der Waals surface area contributed by atoms with Crippen LogP contribution in [0.15, 0.2) is 45.1 Å². The number of hydrogen-bond acceptors (Lipinski definition) is 6. The number of nitrogens with one attached hydrogen (secondary N) is 1. The van der Waals surface area contributed by atoms with Crippen molar-refractivity contribution in [3.8, 4) is 11.1 Å². The van der Waals surface area contributed by atoms with Crippen LogP contribution in [0.5, 0.6) is 0 Å². The van der Waals surface area contributed by atoms with Gasteiger partial charge in [0.05, 0.1) is 12.0 Å². The molecule has 0 atom stereocenters. The lowest BCUT2D eigenvalue weighted by Gasteiger charge is -2.12. The van der Waals surface area contributed by atoms with Gasteiger partial charge in [0.25, 0.3) is 5.56 Å². The minimum atomic E-state index is -0.349. The van der Waals surface area contributed by atoms with Crippen LogP contribution in [0.2, 0.25) is 0 Å². The van der Waals surface area contributed by atoms with Gasteiger partial charge in [0, 0.05) is 41.9 Å². The Morgan fingerprint density at radius 2 is 1.94 bits per heavy atom. The van der Waals surface area contributed by atoms with Gasteiger partial charge in [0.2, 0.25) is 0 Å². The van der Waals surface area contributed by atoms with Crippen LogP contribution in [0.4, 0.5) is 0 Å². The lowest BCUT2D eigenvalue weighted by molar-refractivity contribution is 0.282. The maximum absolute atomic E-state index is 13.3. The Morgan fingerprint density at radius 1 is 1.25 bits per heavy atom. The van der Waals surface area contributed by atoms with E-state index >= 15 is 0 Å². The second-order valence-electron chi connectivity index (χ2n) is 8.55. The summed E-state index contributed by atoms with van der Waals surface area (Å²) < 4.78 is 2.83. The Balaban J connectivity index is 2.48. The second kappa shape index (κ2) is 9.26. The molecule has 170 valence electrons. The molecule has 0 aliphatic rings. The van der Waals surface area contributed by atoms with Crippen molar-refractivity contribution in [1.29, 1.82) is 5.41 Å². The number of rotatable bonds is 7. The molecule has 0 radical (unpaired) electrons. The highest BCUT2D eigenvalue weighted by Gasteiger charge is 2.24. The van der Waals surface area contributed by atoms with Gasteiger partial charge in [-0.3, -0.25) is 13.9 Å². The van der Waals surface area contributed by atoms with Crippen molar-refractivity contribution in [2.24, 2.45) is 18.7 Å². The molecule has 0 saturated heterocycles. The molecule has 32 heavy (non-hydrogen) atoms. The molecule has 7 nitrogen and oxygen atoms in total. The third-order valence-corrected chi connectivity index (χ3v) is 6.67. The van der Waals surface area contributed by atoms with Crippen LogP contribution in [0, 0.1) is 11.3 Å². The number of nitrogens with zero attached hydrogens (tertiary/aromatic N) is 2. The van der Waals surface area contributed by atoms with Crippen molar-refractivity contribution in [3.05, 3.63) is 66.8 Å². The fraction of sp³-hybridized carbons (Fsp3) is 0.375. The molecule has 0 amide bonds. The van der Waals surface area contributed by atoms with Gasteiger partial charge >= 0.3 is 5.69 Å². The van der Waals surface area contributed by atoms with Gasteiger partial charge < -0.3 is 16.2 Å². The summed E-state index contributed by atoms with van der Waals surface area (Å²) >= 11 is 1.40. The molecule has 2 aromatic heterocycles. The molecule has 1 aromatic carbocycles. The number of nitrogens with two attached hydrogens (primary N) is 1. The predicted octanol–water partition coefficient (Wildman–Crippen LogP) is 3.39. The quantitative estimate of drug-likeness (QED) is 0.475. The van der Waals surface area contributed by atoms with Crippen LogP contribution in [-0.4, -0.2) is 20.0 Å². The number of allylic oxidation sites excluding steroid dienone is 2. The van der Waals surface area contributed by atoms with Crippen molar-refractivity contribution in [2.75, 3.05) is 0 Å². The Labute approximate surface area is 191 Å². The first-order valence-corrected chi connectivity index (χ1v) is 11.3. The molecule has 0 saturated carbocycles.